The number of carbonyl (C=O) groups is 2. The first kappa shape index (κ1) is 20.1. The molecule has 0 radical (unpaired) electrons. The fourth-order valence-corrected chi connectivity index (χ4v) is 5.05. The lowest BCUT2D eigenvalue weighted by Crippen LogP contribution is -2.45. The van der Waals surface area contributed by atoms with Crippen LogP contribution in [0.25, 0.3) is 0 Å². The molecule has 1 atom stereocenters. The van der Waals surface area contributed by atoms with Crippen molar-refractivity contribution in [3.8, 4) is 5.75 Å². The molecule has 3 heterocycles. The zero-order valence-electron chi connectivity index (χ0n) is 17.1. The molecule has 0 aromatic heterocycles. The predicted octanol–water partition coefficient (Wildman–Crippen LogP) is 2.14. The number of benzene rings is 1. The van der Waals surface area contributed by atoms with Gasteiger partial charge in [0.15, 0.2) is 6.61 Å². The Hall–Kier alpha value is -2.15. The van der Waals surface area contributed by atoms with E-state index in [1.54, 1.807) is 0 Å². The third-order valence-corrected chi connectivity index (χ3v) is 6.80. The van der Waals surface area contributed by atoms with Crippen LogP contribution in [0.2, 0.25) is 0 Å². The van der Waals surface area contributed by atoms with Crippen molar-refractivity contribution in [1.29, 1.82) is 0 Å². The van der Waals surface area contributed by atoms with Crippen LogP contribution in [0.5, 0.6) is 5.75 Å². The average molecular weight is 403 g/mol. The molecule has 0 N–H and O–H groups in total. The first-order valence-corrected chi connectivity index (χ1v) is 10.6. The normalized spacial score (nSPS) is 24.3. The summed E-state index contributed by atoms with van der Waals surface area (Å²) in [5.41, 5.74) is 0.128. The van der Waals surface area contributed by atoms with Crippen LogP contribution in [0, 0.1) is 11.2 Å². The predicted molar refractivity (Wildman–Crippen MR) is 107 cm³/mol. The van der Waals surface area contributed by atoms with Gasteiger partial charge in [-0.2, -0.15) is 0 Å². The van der Waals surface area contributed by atoms with E-state index in [1.165, 1.54) is 24.3 Å². The van der Waals surface area contributed by atoms with Crippen LogP contribution in [-0.4, -0.2) is 78.9 Å². The van der Waals surface area contributed by atoms with E-state index in [9.17, 15) is 14.0 Å². The molecule has 29 heavy (non-hydrogen) atoms. The Kier molecular flexibility index (Phi) is 5.76. The van der Waals surface area contributed by atoms with E-state index in [4.69, 9.17) is 4.74 Å². The van der Waals surface area contributed by atoms with E-state index in [0.29, 0.717) is 18.8 Å². The van der Waals surface area contributed by atoms with E-state index < -0.39 is 0 Å². The van der Waals surface area contributed by atoms with Gasteiger partial charge >= 0.3 is 0 Å². The van der Waals surface area contributed by atoms with E-state index in [2.05, 4.69) is 11.9 Å². The molecule has 1 aromatic rings. The summed E-state index contributed by atoms with van der Waals surface area (Å²) in [5, 5.41) is 0. The Morgan fingerprint density at radius 3 is 2.38 bits per heavy atom. The fraction of sp³-hybridized carbons (Fsp3) is 0.636. The molecule has 3 aliphatic rings. The Labute approximate surface area is 171 Å². The number of ether oxygens (including phenoxy) is 1. The van der Waals surface area contributed by atoms with Crippen LogP contribution in [0.4, 0.5) is 4.39 Å². The molecule has 2 amide bonds. The summed E-state index contributed by atoms with van der Waals surface area (Å²) in [6.45, 7) is 4.08. The van der Waals surface area contributed by atoms with Gasteiger partial charge in [-0.3, -0.25) is 14.5 Å². The Morgan fingerprint density at radius 1 is 1.07 bits per heavy atom. The number of likely N-dealkylation sites (N-methyl/N-ethyl adjacent to an activating group) is 1. The van der Waals surface area contributed by atoms with Crippen molar-refractivity contribution in [1.82, 2.24) is 14.7 Å². The van der Waals surface area contributed by atoms with Gasteiger partial charge in [0.25, 0.3) is 5.91 Å². The highest BCUT2D eigenvalue weighted by atomic mass is 19.1. The summed E-state index contributed by atoms with van der Waals surface area (Å²) >= 11 is 0. The summed E-state index contributed by atoms with van der Waals surface area (Å²) in [4.78, 5) is 31.5. The van der Waals surface area contributed by atoms with Gasteiger partial charge in [0.1, 0.15) is 11.6 Å². The van der Waals surface area contributed by atoms with Gasteiger partial charge in [0, 0.05) is 32.7 Å². The van der Waals surface area contributed by atoms with E-state index >= 15 is 0 Å². The Balaban J connectivity index is 1.27. The number of hydrogen-bond acceptors (Lipinski definition) is 4. The summed E-state index contributed by atoms with van der Waals surface area (Å²) in [6.07, 6.45) is 4.97. The minimum absolute atomic E-state index is 0.0165. The quantitative estimate of drug-likeness (QED) is 0.773. The fourth-order valence-electron chi connectivity index (χ4n) is 5.05. The summed E-state index contributed by atoms with van der Waals surface area (Å²) in [5.74, 6) is 0.412. The molecule has 3 fully saturated rings. The van der Waals surface area contributed by atoms with Crippen LogP contribution in [0.1, 0.15) is 32.1 Å². The number of likely N-dealkylation sites (tertiary alicyclic amines) is 3. The van der Waals surface area contributed by atoms with Crippen LogP contribution in [-0.2, 0) is 9.59 Å². The number of amides is 2. The standard InChI is InChI=1S/C22H30FN3O3/c1-24-16-22(14-19(24)21(28)26-10-2-3-11-26)8-12-25(13-9-22)20(27)15-29-18-6-4-17(23)5-7-18/h4-7,19H,2-3,8-16H2,1H3. The molecule has 0 aliphatic carbocycles. The maximum Gasteiger partial charge on any atom is 0.260 e. The minimum atomic E-state index is -0.326. The number of nitrogens with zero attached hydrogens (tertiary/aromatic N) is 3. The molecule has 1 aromatic carbocycles. The molecular formula is C22H30FN3O3. The summed E-state index contributed by atoms with van der Waals surface area (Å²) in [7, 11) is 2.06. The lowest BCUT2D eigenvalue weighted by Gasteiger charge is -2.39. The van der Waals surface area contributed by atoms with Gasteiger partial charge in [-0.05, 0) is 68.8 Å². The molecule has 3 saturated heterocycles. The van der Waals surface area contributed by atoms with Gasteiger partial charge in [0.2, 0.25) is 5.91 Å². The van der Waals surface area contributed by atoms with E-state index in [0.717, 1.165) is 51.7 Å². The van der Waals surface area contributed by atoms with Crippen molar-refractivity contribution in [2.24, 2.45) is 5.41 Å². The van der Waals surface area contributed by atoms with Gasteiger partial charge in [-0.25, -0.2) is 4.39 Å². The van der Waals surface area contributed by atoms with E-state index in [-0.39, 0.29) is 35.7 Å². The number of halogens is 1. The highest BCUT2D eigenvalue weighted by Crippen LogP contribution is 2.43. The second-order valence-electron chi connectivity index (χ2n) is 8.79. The van der Waals surface area contributed by atoms with Crippen molar-refractivity contribution in [2.75, 3.05) is 46.4 Å². The average Bonchev–Trinajstić information content (AvgIpc) is 3.36. The number of piperidine rings is 1. The molecule has 1 spiro atoms. The largest absolute Gasteiger partial charge is 0.484 e. The van der Waals surface area contributed by atoms with Gasteiger partial charge in [-0.1, -0.05) is 0 Å². The van der Waals surface area contributed by atoms with Gasteiger partial charge in [-0.15, -0.1) is 0 Å². The molecular weight excluding hydrogens is 373 g/mol. The maximum absolute atomic E-state index is 13.0. The van der Waals surface area contributed by atoms with Crippen LogP contribution < -0.4 is 4.74 Å². The van der Waals surface area contributed by atoms with Crippen molar-refractivity contribution >= 4 is 11.8 Å². The Bertz CT molecular complexity index is 740. The molecule has 4 rings (SSSR count). The van der Waals surface area contributed by atoms with Gasteiger partial charge < -0.3 is 14.5 Å². The second kappa shape index (κ2) is 8.30. The van der Waals surface area contributed by atoms with Crippen molar-refractivity contribution in [3.05, 3.63) is 30.1 Å². The first-order chi connectivity index (χ1) is 14.0. The van der Waals surface area contributed by atoms with Crippen molar-refractivity contribution in [3.63, 3.8) is 0 Å². The zero-order chi connectivity index (χ0) is 20.4. The number of rotatable bonds is 4. The van der Waals surface area contributed by atoms with Crippen molar-refractivity contribution < 1.29 is 18.7 Å². The molecule has 7 heteroatoms. The number of carbonyl (C=O) groups excluding carboxylic acids is 2. The van der Waals surface area contributed by atoms with Crippen molar-refractivity contribution in [2.45, 2.75) is 38.1 Å². The highest BCUT2D eigenvalue weighted by Gasteiger charge is 2.48. The topological polar surface area (TPSA) is 53.1 Å². The van der Waals surface area contributed by atoms with E-state index in [1.807, 2.05) is 9.80 Å². The minimum Gasteiger partial charge on any atom is -0.484 e. The molecule has 6 nitrogen and oxygen atoms in total. The Morgan fingerprint density at radius 2 is 1.72 bits per heavy atom. The summed E-state index contributed by atoms with van der Waals surface area (Å²) < 4.78 is 18.5. The first-order valence-electron chi connectivity index (χ1n) is 10.6. The van der Waals surface area contributed by atoms with Gasteiger partial charge in [0.05, 0.1) is 6.04 Å². The SMILES string of the molecule is CN1CC2(CCN(C(=O)COc3ccc(F)cc3)CC2)CC1C(=O)N1CCCC1. The molecule has 1 unspecified atom stereocenters. The highest BCUT2D eigenvalue weighted by molar-refractivity contribution is 5.82. The molecule has 158 valence electrons. The molecule has 3 aliphatic heterocycles. The summed E-state index contributed by atoms with van der Waals surface area (Å²) in [6, 6.07) is 5.68. The maximum atomic E-state index is 13.0. The lowest BCUT2D eigenvalue weighted by atomic mass is 9.76. The van der Waals surface area contributed by atoms with Crippen LogP contribution >= 0.6 is 0 Å². The van der Waals surface area contributed by atoms with Crippen LogP contribution in [0.3, 0.4) is 0 Å². The van der Waals surface area contributed by atoms with Crippen LogP contribution in [0.15, 0.2) is 24.3 Å². The zero-order valence-corrected chi connectivity index (χ0v) is 17.1. The monoisotopic (exact) mass is 403 g/mol. The molecule has 0 bridgehead atoms. The smallest absolute Gasteiger partial charge is 0.260 e. The molecule has 0 saturated carbocycles. The number of hydrogen-bond donors (Lipinski definition) is 0. The lowest BCUT2D eigenvalue weighted by molar-refractivity contribution is -0.136. The second-order valence-corrected chi connectivity index (χ2v) is 8.79. The third kappa shape index (κ3) is 4.39. The third-order valence-electron chi connectivity index (χ3n) is 6.80.